The van der Waals surface area contributed by atoms with Crippen LogP contribution < -0.4 is 5.32 Å². The number of hydrogen-bond acceptors (Lipinski definition) is 4. The summed E-state index contributed by atoms with van der Waals surface area (Å²) in [7, 11) is -3.33. The molecule has 162 valence electrons. The average Bonchev–Trinajstić information content (AvgIpc) is 2.72. The Balaban J connectivity index is 1.35. The van der Waals surface area contributed by atoms with Gasteiger partial charge in [0.2, 0.25) is 15.9 Å². The Bertz CT molecular complexity index is 746. The molecule has 7 heteroatoms. The number of likely N-dealkylation sites (tertiary alicyclic amines) is 1. The molecule has 0 saturated carbocycles. The first kappa shape index (κ1) is 22.2. The Hall–Kier alpha value is -1.44. The molecule has 0 radical (unpaired) electrons. The number of amides is 1. The van der Waals surface area contributed by atoms with E-state index in [0.717, 1.165) is 24.4 Å². The van der Waals surface area contributed by atoms with Crippen LogP contribution in [-0.2, 0) is 20.6 Å². The molecule has 29 heavy (non-hydrogen) atoms. The number of sulfonamides is 1. The summed E-state index contributed by atoms with van der Waals surface area (Å²) in [5.74, 6) is 0.812. The fourth-order valence-electron chi connectivity index (χ4n) is 4.42. The molecule has 1 N–H and O–H groups in total. The van der Waals surface area contributed by atoms with E-state index in [2.05, 4.69) is 17.1 Å². The van der Waals surface area contributed by atoms with Gasteiger partial charge in [0, 0.05) is 32.1 Å². The Morgan fingerprint density at radius 2 is 1.83 bits per heavy atom. The van der Waals surface area contributed by atoms with Crippen LogP contribution in [0.1, 0.15) is 44.6 Å². The molecule has 2 heterocycles. The smallest absolute Gasteiger partial charge is 0.223 e. The summed E-state index contributed by atoms with van der Waals surface area (Å²) >= 11 is 0. The predicted octanol–water partition coefficient (Wildman–Crippen LogP) is 2.47. The molecule has 1 amide bonds. The molecule has 1 aromatic carbocycles. The minimum Gasteiger partial charge on any atom is -0.356 e. The van der Waals surface area contributed by atoms with Crippen LogP contribution in [0.2, 0.25) is 0 Å². The lowest BCUT2D eigenvalue weighted by Gasteiger charge is -2.31. The zero-order valence-electron chi connectivity index (χ0n) is 17.6. The molecule has 2 aliphatic heterocycles. The standard InChI is InChI=1S/C22H35N3O3S/c1-19-7-5-13-24(17-19)14-6-12-23-22(26)21-10-15-25(16-11-21)29(27,28)18-20-8-3-2-4-9-20/h2-4,8-9,19,21H,5-7,10-18H2,1H3,(H,23,26). The van der Waals surface area contributed by atoms with Crippen LogP contribution in [0.5, 0.6) is 0 Å². The van der Waals surface area contributed by atoms with Crippen molar-refractivity contribution in [3.63, 3.8) is 0 Å². The van der Waals surface area contributed by atoms with Gasteiger partial charge in [-0.3, -0.25) is 4.79 Å². The molecular formula is C22H35N3O3S. The van der Waals surface area contributed by atoms with Crippen molar-refractivity contribution < 1.29 is 13.2 Å². The lowest BCUT2D eigenvalue weighted by Crippen LogP contribution is -2.43. The first-order valence-corrected chi connectivity index (χ1v) is 12.6. The molecule has 1 aromatic rings. The number of nitrogens with one attached hydrogen (secondary N) is 1. The number of hydrogen-bond donors (Lipinski definition) is 1. The number of carbonyl (C=O) groups excluding carboxylic acids is 1. The summed E-state index contributed by atoms with van der Waals surface area (Å²) in [6.07, 6.45) is 4.78. The van der Waals surface area contributed by atoms with Gasteiger partial charge in [0.1, 0.15) is 0 Å². The predicted molar refractivity (Wildman–Crippen MR) is 116 cm³/mol. The van der Waals surface area contributed by atoms with E-state index < -0.39 is 10.0 Å². The van der Waals surface area contributed by atoms with Crippen molar-refractivity contribution >= 4 is 15.9 Å². The fraction of sp³-hybridized carbons (Fsp3) is 0.682. The van der Waals surface area contributed by atoms with Crippen LogP contribution in [0, 0.1) is 11.8 Å². The summed E-state index contributed by atoms with van der Waals surface area (Å²) in [6, 6.07) is 9.26. The van der Waals surface area contributed by atoms with Crippen LogP contribution in [0.3, 0.4) is 0 Å². The van der Waals surface area contributed by atoms with E-state index in [9.17, 15) is 13.2 Å². The average molecular weight is 422 g/mol. The molecule has 1 atom stereocenters. The fourth-order valence-corrected chi connectivity index (χ4v) is 5.98. The van der Waals surface area contributed by atoms with Crippen molar-refractivity contribution in [2.75, 3.05) is 39.3 Å². The van der Waals surface area contributed by atoms with Crippen LogP contribution in [0.25, 0.3) is 0 Å². The van der Waals surface area contributed by atoms with E-state index in [-0.39, 0.29) is 17.6 Å². The van der Waals surface area contributed by atoms with Gasteiger partial charge in [0.25, 0.3) is 0 Å². The molecule has 2 aliphatic rings. The highest BCUT2D eigenvalue weighted by molar-refractivity contribution is 7.88. The Morgan fingerprint density at radius 3 is 2.52 bits per heavy atom. The van der Waals surface area contributed by atoms with Gasteiger partial charge in [0.05, 0.1) is 5.75 Å². The van der Waals surface area contributed by atoms with Crippen molar-refractivity contribution in [3.05, 3.63) is 35.9 Å². The van der Waals surface area contributed by atoms with Crippen molar-refractivity contribution in [2.24, 2.45) is 11.8 Å². The Morgan fingerprint density at radius 1 is 1.10 bits per heavy atom. The maximum Gasteiger partial charge on any atom is 0.223 e. The lowest BCUT2D eigenvalue weighted by molar-refractivity contribution is -0.126. The van der Waals surface area contributed by atoms with Crippen LogP contribution in [0.4, 0.5) is 0 Å². The van der Waals surface area contributed by atoms with E-state index in [1.807, 2.05) is 30.3 Å². The minimum absolute atomic E-state index is 0.0276. The first-order chi connectivity index (χ1) is 13.9. The number of rotatable bonds is 8. The second-order valence-electron chi connectivity index (χ2n) is 8.61. The van der Waals surface area contributed by atoms with Crippen molar-refractivity contribution in [2.45, 2.75) is 44.8 Å². The number of benzene rings is 1. The lowest BCUT2D eigenvalue weighted by atomic mass is 9.97. The van der Waals surface area contributed by atoms with Gasteiger partial charge in [-0.05, 0) is 56.7 Å². The molecule has 0 aliphatic carbocycles. The molecule has 0 spiro atoms. The van der Waals surface area contributed by atoms with E-state index in [4.69, 9.17) is 0 Å². The van der Waals surface area contributed by atoms with E-state index in [1.54, 1.807) is 4.31 Å². The van der Waals surface area contributed by atoms with Crippen LogP contribution in [0.15, 0.2) is 30.3 Å². The molecular weight excluding hydrogens is 386 g/mol. The molecule has 1 unspecified atom stereocenters. The monoisotopic (exact) mass is 421 g/mol. The maximum absolute atomic E-state index is 12.6. The second-order valence-corrected chi connectivity index (χ2v) is 10.6. The van der Waals surface area contributed by atoms with Gasteiger partial charge in [0.15, 0.2) is 0 Å². The van der Waals surface area contributed by atoms with E-state index in [0.29, 0.717) is 32.5 Å². The summed E-state index contributed by atoms with van der Waals surface area (Å²) in [5.41, 5.74) is 0.801. The van der Waals surface area contributed by atoms with Crippen molar-refractivity contribution in [3.8, 4) is 0 Å². The number of carbonyl (C=O) groups is 1. The highest BCUT2D eigenvalue weighted by Gasteiger charge is 2.31. The minimum atomic E-state index is -3.33. The molecule has 3 rings (SSSR count). The third-order valence-electron chi connectivity index (χ3n) is 6.10. The Labute approximate surface area is 175 Å². The third-order valence-corrected chi connectivity index (χ3v) is 7.95. The Kier molecular flexibility index (Phi) is 8.09. The highest BCUT2D eigenvalue weighted by Crippen LogP contribution is 2.22. The zero-order valence-corrected chi connectivity index (χ0v) is 18.4. The van der Waals surface area contributed by atoms with Gasteiger partial charge in [-0.15, -0.1) is 0 Å². The van der Waals surface area contributed by atoms with Gasteiger partial charge in [-0.1, -0.05) is 37.3 Å². The summed E-state index contributed by atoms with van der Waals surface area (Å²) in [6.45, 7) is 7.26. The SMILES string of the molecule is CC1CCCN(CCCNC(=O)C2CCN(S(=O)(=O)Cc3ccccc3)CC2)C1. The third kappa shape index (κ3) is 6.79. The quantitative estimate of drug-likeness (QED) is 0.655. The normalized spacial score (nSPS) is 22.4. The van der Waals surface area contributed by atoms with Gasteiger partial charge < -0.3 is 10.2 Å². The first-order valence-electron chi connectivity index (χ1n) is 11.0. The molecule has 2 fully saturated rings. The van der Waals surface area contributed by atoms with Gasteiger partial charge in [-0.2, -0.15) is 0 Å². The molecule has 0 bridgehead atoms. The van der Waals surface area contributed by atoms with Crippen LogP contribution in [-0.4, -0.2) is 62.8 Å². The topological polar surface area (TPSA) is 69.7 Å². The molecule has 6 nitrogen and oxygen atoms in total. The van der Waals surface area contributed by atoms with Crippen molar-refractivity contribution in [1.29, 1.82) is 0 Å². The number of nitrogens with zero attached hydrogens (tertiary/aromatic N) is 2. The van der Waals surface area contributed by atoms with E-state index >= 15 is 0 Å². The van der Waals surface area contributed by atoms with Crippen molar-refractivity contribution in [1.82, 2.24) is 14.5 Å². The molecule has 2 saturated heterocycles. The highest BCUT2D eigenvalue weighted by atomic mass is 32.2. The maximum atomic E-state index is 12.6. The second kappa shape index (κ2) is 10.5. The summed E-state index contributed by atoms with van der Waals surface area (Å²) < 4.78 is 26.8. The summed E-state index contributed by atoms with van der Waals surface area (Å²) in [4.78, 5) is 15.0. The largest absolute Gasteiger partial charge is 0.356 e. The van der Waals surface area contributed by atoms with Gasteiger partial charge in [-0.25, -0.2) is 12.7 Å². The summed E-state index contributed by atoms with van der Waals surface area (Å²) in [5, 5.41) is 3.06. The molecule has 0 aromatic heterocycles. The van der Waals surface area contributed by atoms with E-state index in [1.165, 1.54) is 25.9 Å². The number of piperidine rings is 2. The van der Waals surface area contributed by atoms with Crippen LogP contribution >= 0.6 is 0 Å². The van der Waals surface area contributed by atoms with Gasteiger partial charge >= 0.3 is 0 Å². The zero-order chi connectivity index (χ0) is 20.7.